The number of carboxylic acids is 1. The molecule has 1 aromatic rings. The zero-order chi connectivity index (χ0) is 18.8. The minimum atomic E-state index is -1.51. The molecule has 1 N–H and O–H groups in total. The standard InChI is InChI=1S/C16H16N2O6S2.Na/c1-8(19)24-6-9-7-26-15-12(14(21)18(15)13(9)16(22)23)17-11(20)5-10-3-2-4-25-10;/h2-4,12,15H,5-7H2,1H3,(H,17,20)(H,22,23);/p-1. The second-order valence-corrected chi connectivity index (χ2v) is 7.87. The molecule has 0 aliphatic carbocycles. The van der Waals surface area contributed by atoms with E-state index in [2.05, 4.69) is 5.32 Å². The van der Waals surface area contributed by atoms with Crippen molar-refractivity contribution in [1.29, 1.82) is 0 Å². The molecule has 0 bridgehead atoms. The fourth-order valence-electron chi connectivity index (χ4n) is 2.77. The van der Waals surface area contributed by atoms with Crippen LogP contribution in [-0.2, 0) is 30.3 Å². The number of aliphatic carboxylic acids is 1. The molecule has 1 radical (unpaired) electrons. The zero-order valence-electron chi connectivity index (χ0n) is 14.7. The van der Waals surface area contributed by atoms with Gasteiger partial charge in [-0.15, -0.1) is 23.1 Å². The average molecular weight is 418 g/mol. The second kappa shape index (κ2) is 9.24. The Labute approximate surface area is 185 Å². The van der Waals surface area contributed by atoms with Gasteiger partial charge in [0.2, 0.25) is 5.91 Å². The SMILES string of the molecule is CC(=O)OCC1=C(C(=O)[O-])N2C(=O)C(NC(=O)Cc3cccs3)C2SC1.[Na]. The van der Waals surface area contributed by atoms with Gasteiger partial charge in [0.1, 0.15) is 18.0 Å². The molecule has 8 nitrogen and oxygen atoms in total. The molecule has 139 valence electrons. The van der Waals surface area contributed by atoms with Gasteiger partial charge < -0.3 is 20.0 Å². The van der Waals surface area contributed by atoms with E-state index < -0.39 is 29.3 Å². The maximum Gasteiger partial charge on any atom is 0.302 e. The summed E-state index contributed by atoms with van der Waals surface area (Å²) in [5.41, 5.74) is 0.0296. The van der Waals surface area contributed by atoms with E-state index in [9.17, 15) is 24.3 Å². The van der Waals surface area contributed by atoms with Crippen LogP contribution < -0.4 is 10.4 Å². The molecule has 1 fully saturated rings. The van der Waals surface area contributed by atoms with Crippen LogP contribution in [-0.4, -0.2) is 82.0 Å². The number of fused-ring (bicyclic) bond motifs is 1. The van der Waals surface area contributed by atoms with E-state index in [1.54, 1.807) is 0 Å². The molecule has 2 aliphatic heterocycles. The third kappa shape index (κ3) is 4.75. The Morgan fingerprint density at radius 3 is 2.74 bits per heavy atom. The second-order valence-electron chi connectivity index (χ2n) is 5.73. The van der Waals surface area contributed by atoms with E-state index in [0.717, 1.165) is 9.78 Å². The van der Waals surface area contributed by atoms with Crippen LogP contribution in [0.5, 0.6) is 0 Å². The van der Waals surface area contributed by atoms with Gasteiger partial charge in [-0.3, -0.25) is 19.3 Å². The van der Waals surface area contributed by atoms with E-state index in [1.807, 2.05) is 17.5 Å². The van der Waals surface area contributed by atoms with Gasteiger partial charge in [0.05, 0.1) is 18.1 Å². The first-order valence-electron chi connectivity index (χ1n) is 7.71. The third-order valence-corrected chi connectivity index (χ3v) is 6.14. The maximum atomic E-state index is 12.4. The van der Waals surface area contributed by atoms with Crippen LogP contribution in [0.3, 0.4) is 0 Å². The Morgan fingerprint density at radius 2 is 2.15 bits per heavy atom. The van der Waals surface area contributed by atoms with Crippen molar-refractivity contribution < 1.29 is 29.0 Å². The van der Waals surface area contributed by atoms with Crippen LogP contribution >= 0.6 is 23.1 Å². The fraction of sp³-hybridized carbons (Fsp3) is 0.375. The Bertz CT molecular complexity index is 795. The van der Waals surface area contributed by atoms with Crippen molar-refractivity contribution in [3.05, 3.63) is 33.7 Å². The quantitative estimate of drug-likeness (QED) is 0.353. The van der Waals surface area contributed by atoms with Crippen LogP contribution in [0.25, 0.3) is 0 Å². The molecule has 2 unspecified atom stereocenters. The summed E-state index contributed by atoms with van der Waals surface area (Å²) in [6.07, 6.45) is 0.166. The van der Waals surface area contributed by atoms with Crippen molar-refractivity contribution in [1.82, 2.24) is 10.2 Å². The first kappa shape index (κ1) is 22.0. The topological polar surface area (TPSA) is 116 Å². The molecular formula is C16H15N2NaO6S2-. The van der Waals surface area contributed by atoms with Crippen molar-refractivity contribution in [3.8, 4) is 0 Å². The average Bonchev–Trinajstić information content (AvgIpc) is 3.09. The molecule has 11 heteroatoms. The fourth-order valence-corrected chi connectivity index (χ4v) is 4.80. The molecule has 27 heavy (non-hydrogen) atoms. The smallest absolute Gasteiger partial charge is 0.302 e. The summed E-state index contributed by atoms with van der Waals surface area (Å²) in [4.78, 5) is 48.9. The molecule has 2 atom stereocenters. The van der Waals surface area contributed by atoms with Crippen LogP contribution in [0.15, 0.2) is 28.8 Å². The monoisotopic (exact) mass is 418 g/mol. The van der Waals surface area contributed by atoms with Gasteiger partial charge in [-0.05, 0) is 11.4 Å². The van der Waals surface area contributed by atoms with Gasteiger partial charge in [-0.2, -0.15) is 0 Å². The summed E-state index contributed by atoms with van der Waals surface area (Å²) >= 11 is 2.75. The Kier molecular flexibility index (Phi) is 7.52. The van der Waals surface area contributed by atoms with Gasteiger partial charge in [0.25, 0.3) is 5.91 Å². The minimum Gasteiger partial charge on any atom is -0.543 e. The van der Waals surface area contributed by atoms with Crippen LogP contribution in [0.4, 0.5) is 0 Å². The minimum absolute atomic E-state index is 0. The molecule has 3 rings (SSSR count). The number of carbonyl (C=O) groups is 4. The summed E-state index contributed by atoms with van der Waals surface area (Å²) in [6.45, 7) is 1.00. The first-order chi connectivity index (χ1) is 12.4. The summed E-state index contributed by atoms with van der Waals surface area (Å²) in [6, 6.07) is 2.88. The molecular weight excluding hydrogens is 403 g/mol. The molecule has 1 aromatic heterocycles. The van der Waals surface area contributed by atoms with Gasteiger partial charge >= 0.3 is 5.97 Å². The van der Waals surface area contributed by atoms with Crippen LogP contribution in [0, 0.1) is 0 Å². The Hall–Kier alpha value is -1.33. The number of nitrogens with zero attached hydrogens (tertiary/aromatic N) is 1. The van der Waals surface area contributed by atoms with Crippen molar-refractivity contribution in [2.75, 3.05) is 12.4 Å². The van der Waals surface area contributed by atoms with Crippen molar-refractivity contribution in [3.63, 3.8) is 0 Å². The van der Waals surface area contributed by atoms with E-state index in [0.29, 0.717) is 5.57 Å². The number of rotatable bonds is 6. The van der Waals surface area contributed by atoms with Gasteiger partial charge in [0.15, 0.2) is 0 Å². The molecule has 0 saturated carbocycles. The van der Waals surface area contributed by atoms with Crippen molar-refractivity contribution >= 4 is 76.4 Å². The number of thiophene rings is 1. The number of nitrogens with one attached hydrogen (secondary N) is 1. The Morgan fingerprint density at radius 1 is 1.41 bits per heavy atom. The number of hydrogen-bond donors (Lipinski definition) is 1. The molecule has 1 saturated heterocycles. The normalized spacial score (nSPS) is 20.9. The maximum absolute atomic E-state index is 12.4. The number of β-lactam (4-membered cyclic amide) rings is 1. The molecule has 2 aliphatic rings. The Balaban J connectivity index is 0.00000261. The summed E-state index contributed by atoms with van der Waals surface area (Å²) in [7, 11) is 0. The van der Waals surface area contributed by atoms with Gasteiger partial charge in [-0.1, -0.05) is 6.07 Å². The van der Waals surface area contributed by atoms with E-state index in [4.69, 9.17) is 4.74 Å². The number of thioether (sulfide) groups is 1. The van der Waals surface area contributed by atoms with Crippen molar-refractivity contribution in [2.45, 2.75) is 24.8 Å². The van der Waals surface area contributed by atoms with Crippen molar-refractivity contribution in [2.24, 2.45) is 0 Å². The largest absolute Gasteiger partial charge is 0.543 e. The molecule has 2 amide bonds. The molecule has 0 spiro atoms. The summed E-state index contributed by atoms with van der Waals surface area (Å²) < 4.78 is 4.85. The third-order valence-electron chi connectivity index (χ3n) is 3.92. The molecule has 0 aromatic carbocycles. The predicted molar refractivity (Wildman–Crippen MR) is 97.5 cm³/mol. The van der Waals surface area contributed by atoms with E-state index >= 15 is 0 Å². The number of hydrogen-bond acceptors (Lipinski definition) is 8. The summed E-state index contributed by atoms with van der Waals surface area (Å²) in [5.74, 6) is -2.59. The van der Waals surface area contributed by atoms with Crippen LogP contribution in [0.1, 0.15) is 11.8 Å². The summed E-state index contributed by atoms with van der Waals surface area (Å²) in [5, 5.41) is 15.5. The van der Waals surface area contributed by atoms with Crippen LogP contribution in [0.2, 0.25) is 0 Å². The molecule has 3 heterocycles. The number of ether oxygens (including phenoxy) is 1. The van der Waals surface area contributed by atoms with E-state index in [1.165, 1.54) is 30.0 Å². The van der Waals surface area contributed by atoms with Gasteiger partial charge in [0, 0.05) is 52.7 Å². The van der Waals surface area contributed by atoms with Gasteiger partial charge in [-0.25, -0.2) is 0 Å². The zero-order valence-corrected chi connectivity index (χ0v) is 18.4. The predicted octanol–water partition coefficient (Wildman–Crippen LogP) is -1.12. The number of esters is 1. The number of amides is 2. The number of carbonyl (C=O) groups excluding carboxylic acids is 4. The first-order valence-corrected chi connectivity index (χ1v) is 9.64. The number of carboxylic acid groups (broad SMARTS) is 1. The van der Waals surface area contributed by atoms with E-state index in [-0.39, 0.29) is 59.9 Å².